The van der Waals surface area contributed by atoms with E-state index >= 15 is 0 Å². The van der Waals surface area contributed by atoms with Crippen molar-refractivity contribution in [3.63, 3.8) is 0 Å². The lowest BCUT2D eigenvalue weighted by molar-refractivity contribution is -0.146. The van der Waals surface area contributed by atoms with Crippen LogP contribution in [-0.4, -0.2) is 35.7 Å². The molecule has 0 aliphatic rings. The molecule has 0 saturated heterocycles. The third-order valence-electron chi connectivity index (χ3n) is 5.03. The van der Waals surface area contributed by atoms with E-state index in [2.05, 4.69) is 13.8 Å². The molecule has 0 aromatic carbocycles. The summed E-state index contributed by atoms with van der Waals surface area (Å²) < 4.78 is 11.0. The monoisotopic (exact) mass is 430 g/mol. The van der Waals surface area contributed by atoms with Gasteiger partial charge in [0.05, 0.1) is 0 Å². The number of carbonyl (C=O) groups excluding carboxylic acids is 2. The van der Waals surface area contributed by atoms with Crippen molar-refractivity contribution in [3.05, 3.63) is 0 Å². The Morgan fingerprint density at radius 1 is 0.621 bits per heavy atom. The van der Waals surface area contributed by atoms with Crippen molar-refractivity contribution in [2.45, 2.75) is 130 Å². The summed E-state index contributed by atoms with van der Waals surface area (Å²) in [4.78, 5) is 22.8. The van der Waals surface area contributed by atoms with Gasteiger partial charge in [0, 0.05) is 25.4 Å². The number of rotatable bonds is 20. The highest BCUT2D eigenvalue weighted by molar-refractivity contribution is 7.99. The first-order valence-electron chi connectivity index (χ1n) is 11.9. The van der Waals surface area contributed by atoms with Crippen LogP contribution in [0.25, 0.3) is 0 Å². The maximum Gasteiger partial charge on any atom is 0.302 e. The standard InChI is InChI=1S/C24H46O4S/c1-5-7-9-11-13-15-17-23(27-21(3)25)19-29-20-24(28-22(4)26)18-16-14-12-10-8-6-2/h23-24H,5-20H2,1-4H3. The Kier molecular flexibility index (Phi) is 20.1. The normalized spacial score (nSPS) is 13.1. The van der Waals surface area contributed by atoms with Crippen molar-refractivity contribution in [1.82, 2.24) is 0 Å². The molecule has 0 radical (unpaired) electrons. The van der Waals surface area contributed by atoms with Crippen molar-refractivity contribution < 1.29 is 19.1 Å². The summed E-state index contributed by atoms with van der Waals surface area (Å²) in [5.74, 6) is 1.15. The van der Waals surface area contributed by atoms with Crippen LogP contribution in [0, 0.1) is 0 Å². The summed E-state index contributed by atoms with van der Waals surface area (Å²) in [5, 5.41) is 0. The second-order valence-corrected chi connectivity index (χ2v) is 9.19. The summed E-state index contributed by atoms with van der Waals surface area (Å²) in [5.41, 5.74) is 0. The fraction of sp³-hybridized carbons (Fsp3) is 0.917. The number of esters is 2. The predicted octanol–water partition coefficient (Wildman–Crippen LogP) is 7.08. The van der Waals surface area contributed by atoms with E-state index in [4.69, 9.17) is 9.47 Å². The topological polar surface area (TPSA) is 52.6 Å². The number of thioether (sulfide) groups is 1. The maximum absolute atomic E-state index is 11.4. The minimum absolute atomic E-state index is 0.0318. The first-order chi connectivity index (χ1) is 14.0. The van der Waals surface area contributed by atoms with Crippen LogP contribution < -0.4 is 0 Å². The average molecular weight is 431 g/mol. The van der Waals surface area contributed by atoms with Gasteiger partial charge in [0.1, 0.15) is 12.2 Å². The molecule has 0 N–H and O–H groups in total. The van der Waals surface area contributed by atoms with E-state index < -0.39 is 0 Å². The molecule has 29 heavy (non-hydrogen) atoms. The van der Waals surface area contributed by atoms with E-state index in [1.54, 1.807) is 11.8 Å². The van der Waals surface area contributed by atoms with Crippen LogP contribution >= 0.6 is 11.8 Å². The first kappa shape index (κ1) is 28.3. The molecule has 0 bridgehead atoms. The summed E-state index contributed by atoms with van der Waals surface area (Å²) in [6, 6.07) is 0. The highest BCUT2D eigenvalue weighted by atomic mass is 32.2. The van der Waals surface area contributed by atoms with Crippen LogP contribution in [0.3, 0.4) is 0 Å². The fourth-order valence-electron chi connectivity index (χ4n) is 3.46. The van der Waals surface area contributed by atoms with Crippen molar-refractivity contribution in [1.29, 1.82) is 0 Å². The van der Waals surface area contributed by atoms with Gasteiger partial charge in [0.2, 0.25) is 0 Å². The Morgan fingerprint density at radius 3 is 1.31 bits per heavy atom. The second-order valence-electron chi connectivity index (χ2n) is 8.11. The Balaban J connectivity index is 4.17. The molecule has 2 atom stereocenters. The zero-order valence-electron chi connectivity index (χ0n) is 19.5. The van der Waals surface area contributed by atoms with E-state index in [0.29, 0.717) is 0 Å². The van der Waals surface area contributed by atoms with E-state index in [9.17, 15) is 9.59 Å². The Morgan fingerprint density at radius 2 is 0.966 bits per heavy atom. The van der Waals surface area contributed by atoms with Gasteiger partial charge < -0.3 is 9.47 Å². The molecule has 0 saturated carbocycles. The summed E-state index contributed by atoms with van der Waals surface area (Å²) in [7, 11) is 0. The smallest absolute Gasteiger partial charge is 0.302 e. The van der Waals surface area contributed by atoms with E-state index in [1.807, 2.05) is 0 Å². The summed E-state index contributed by atoms with van der Waals surface area (Å²) in [6.07, 6.45) is 16.7. The molecule has 0 aliphatic heterocycles. The molecule has 2 unspecified atom stereocenters. The van der Waals surface area contributed by atoms with Gasteiger partial charge in [-0.2, -0.15) is 11.8 Å². The third kappa shape index (κ3) is 20.3. The molecule has 172 valence electrons. The zero-order chi connectivity index (χ0) is 21.7. The molecule has 0 spiro atoms. The van der Waals surface area contributed by atoms with Gasteiger partial charge in [-0.1, -0.05) is 78.1 Å². The lowest BCUT2D eigenvalue weighted by atomic mass is 10.1. The van der Waals surface area contributed by atoms with Crippen LogP contribution in [0.2, 0.25) is 0 Å². The van der Waals surface area contributed by atoms with Gasteiger partial charge in [-0.25, -0.2) is 0 Å². The largest absolute Gasteiger partial charge is 0.462 e. The number of hydrogen-bond donors (Lipinski definition) is 0. The Labute approximate surface area is 184 Å². The van der Waals surface area contributed by atoms with Gasteiger partial charge in [0.15, 0.2) is 0 Å². The van der Waals surface area contributed by atoms with Gasteiger partial charge >= 0.3 is 11.9 Å². The number of ether oxygens (including phenoxy) is 2. The molecule has 0 fully saturated rings. The van der Waals surface area contributed by atoms with Crippen LogP contribution in [0.15, 0.2) is 0 Å². The molecule has 0 amide bonds. The van der Waals surface area contributed by atoms with Crippen molar-refractivity contribution in [2.75, 3.05) is 11.5 Å². The Bertz CT molecular complexity index is 364. The molecular weight excluding hydrogens is 384 g/mol. The number of carbonyl (C=O) groups is 2. The minimum Gasteiger partial charge on any atom is -0.462 e. The van der Waals surface area contributed by atoms with Gasteiger partial charge in [-0.15, -0.1) is 0 Å². The molecule has 0 rings (SSSR count). The lowest BCUT2D eigenvalue weighted by Crippen LogP contribution is -2.23. The first-order valence-corrected chi connectivity index (χ1v) is 13.1. The molecule has 0 heterocycles. The fourth-order valence-corrected chi connectivity index (χ4v) is 4.59. The molecule has 4 nitrogen and oxygen atoms in total. The van der Waals surface area contributed by atoms with Crippen molar-refractivity contribution >= 4 is 23.7 Å². The van der Waals surface area contributed by atoms with E-state index in [-0.39, 0.29) is 24.1 Å². The predicted molar refractivity (Wildman–Crippen MR) is 124 cm³/mol. The van der Waals surface area contributed by atoms with Crippen LogP contribution in [-0.2, 0) is 19.1 Å². The molecular formula is C24H46O4S. The van der Waals surface area contributed by atoms with Crippen LogP contribution in [0.4, 0.5) is 0 Å². The zero-order valence-corrected chi connectivity index (χ0v) is 20.3. The second kappa shape index (κ2) is 20.6. The molecule has 0 aromatic heterocycles. The van der Waals surface area contributed by atoms with Gasteiger partial charge in [-0.05, 0) is 25.7 Å². The molecule has 0 aromatic rings. The average Bonchev–Trinajstić information content (AvgIpc) is 2.66. The lowest BCUT2D eigenvalue weighted by Gasteiger charge is -2.20. The number of unbranched alkanes of at least 4 members (excludes halogenated alkanes) is 10. The van der Waals surface area contributed by atoms with Gasteiger partial charge in [-0.3, -0.25) is 9.59 Å². The highest BCUT2D eigenvalue weighted by Crippen LogP contribution is 2.19. The molecule has 5 heteroatoms. The van der Waals surface area contributed by atoms with Crippen molar-refractivity contribution in [3.8, 4) is 0 Å². The maximum atomic E-state index is 11.4. The Hall–Kier alpha value is -0.710. The SMILES string of the molecule is CCCCCCCCC(CSCC(CCCCCCCC)OC(C)=O)OC(C)=O. The third-order valence-corrected chi connectivity index (χ3v) is 6.25. The molecule has 0 aliphatic carbocycles. The van der Waals surface area contributed by atoms with Crippen molar-refractivity contribution in [2.24, 2.45) is 0 Å². The van der Waals surface area contributed by atoms with E-state index in [1.165, 1.54) is 78.1 Å². The summed E-state index contributed by atoms with van der Waals surface area (Å²) >= 11 is 1.74. The quantitative estimate of drug-likeness (QED) is 0.152. The number of hydrogen-bond acceptors (Lipinski definition) is 5. The van der Waals surface area contributed by atoms with Gasteiger partial charge in [0.25, 0.3) is 0 Å². The highest BCUT2D eigenvalue weighted by Gasteiger charge is 2.16. The van der Waals surface area contributed by atoms with Crippen LogP contribution in [0.5, 0.6) is 0 Å². The van der Waals surface area contributed by atoms with Crippen LogP contribution in [0.1, 0.15) is 118 Å². The minimum atomic E-state index is -0.204. The summed E-state index contributed by atoms with van der Waals surface area (Å²) in [6.45, 7) is 7.42. The van der Waals surface area contributed by atoms with E-state index in [0.717, 1.165) is 37.2 Å².